The van der Waals surface area contributed by atoms with E-state index >= 15 is 0 Å². The van der Waals surface area contributed by atoms with Gasteiger partial charge >= 0.3 is 0 Å². The van der Waals surface area contributed by atoms with Crippen molar-refractivity contribution in [3.05, 3.63) is 23.4 Å². The molecule has 1 atom stereocenters. The summed E-state index contributed by atoms with van der Waals surface area (Å²) in [6.45, 7) is 6.88. The number of nitrogen functional groups attached to an aromatic ring is 1. The highest BCUT2D eigenvalue weighted by Crippen LogP contribution is 2.44. The fourth-order valence-electron chi connectivity index (χ4n) is 2.38. The van der Waals surface area contributed by atoms with Crippen LogP contribution in [0.2, 0.25) is 0 Å². The van der Waals surface area contributed by atoms with Crippen molar-refractivity contribution in [2.45, 2.75) is 39.5 Å². The van der Waals surface area contributed by atoms with Crippen molar-refractivity contribution in [2.75, 3.05) is 5.73 Å². The van der Waals surface area contributed by atoms with E-state index in [1.165, 1.54) is 17.7 Å². The predicted molar refractivity (Wildman–Crippen MR) is 59.2 cm³/mol. The van der Waals surface area contributed by atoms with Gasteiger partial charge in [0.25, 0.3) is 0 Å². The van der Waals surface area contributed by atoms with Crippen molar-refractivity contribution in [3.63, 3.8) is 0 Å². The van der Waals surface area contributed by atoms with E-state index in [0.717, 1.165) is 6.42 Å². The van der Waals surface area contributed by atoms with Crippen LogP contribution >= 0.6 is 0 Å². The zero-order chi connectivity index (χ0) is 10.3. The molecule has 2 nitrogen and oxygen atoms in total. The van der Waals surface area contributed by atoms with Crippen LogP contribution in [0.3, 0.4) is 0 Å². The van der Waals surface area contributed by atoms with Gasteiger partial charge in [-0.3, -0.25) is 0 Å². The largest absolute Gasteiger partial charge is 0.384 e. The lowest BCUT2D eigenvalue weighted by Gasteiger charge is -2.27. The molecule has 1 aliphatic rings. The first-order valence-electron chi connectivity index (χ1n) is 5.24. The van der Waals surface area contributed by atoms with Crippen molar-refractivity contribution in [2.24, 2.45) is 5.41 Å². The molecule has 2 rings (SSSR count). The van der Waals surface area contributed by atoms with Crippen LogP contribution in [0.4, 0.5) is 5.82 Å². The second kappa shape index (κ2) is 2.97. The number of nitrogens with zero attached hydrogens (tertiary/aromatic N) is 1. The van der Waals surface area contributed by atoms with E-state index in [-0.39, 0.29) is 0 Å². The van der Waals surface area contributed by atoms with E-state index in [1.54, 1.807) is 0 Å². The van der Waals surface area contributed by atoms with Gasteiger partial charge in [0.1, 0.15) is 5.82 Å². The molecule has 0 fully saturated rings. The lowest BCUT2D eigenvalue weighted by Crippen LogP contribution is -2.15. The van der Waals surface area contributed by atoms with Crippen LogP contribution in [0.1, 0.15) is 44.4 Å². The Balaban J connectivity index is 2.41. The molecule has 1 aromatic rings. The molecule has 1 unspecified atom stereocenters. The van der Waals surface area contributed by atoms with Crippen LogP contribution in [-0.4, -0.2) is 4.98 Å². The number of aromatic nitrogens is 1. The molecule has 1 heterocycles. The van der Waals surface area contributed by atoms with Crippen LogP contribution in [-0.2, 0) is 6.42 Å². The summed E-state index contributed by atoms with van der Waals surface area (Å²) < 4.78 is 0. The van der Waals surface area contributed by atoms with E-state index in [1.807, 2.05) is 6.07 Å². The highest BCUT2D eigenvalue weighted by molar-refractivity contribution is 5.39. The quantitative estimate of drug-likeness (QED) is 0.683. The van der Waals surface area contributed by atoms with Crippen LogP contribution < -0.4 is 5.73 Å². The SMILES string of the molecule is CC(C)(C)C1CCc2nc(N)ccc21. The zero-order valence-corrected chi connectivity index (χ0v) is 9.17. The molecule has 0 bridgehead atoms. The first-order chi connectivity index (χ1) is 6.48. The summed E-state index contributed by atoms with van der Waals surface area (Å²) in [5.41, 5.74) is 8.63. The molecule has 0 aromatic carbocycles. The normalized spacial score (nSPS) is 20.9. The Bertz CT molecular complexity index is 350. The minimum atomic E-state index is 0.336. The monoisotopic (exact) mass is 190 g/mol. The van der Waals surface area contributed by atoms with Gasteiger partial charge < -0.3 is 5.73 Å². The summed E-state index contributed by atoms with van der Waals surface area (Å²) in [5, 5.41) is 0. The minimum absolute atomic E-state index is 0.336. The van der Waals surface area contributed by atoms with Crippen molar-refractivity contribution in [1.29, 1.82) is 0 Å². The second-order valence-electron chi connectivity index (χ2n) is 5.23. The predicted octanol–water partition coefficient (Wildman–Crippen LogP) is 2.74. The zero-order valence-electron chi connectivity index (χ0n) is 9.17. The van der Waals surface area contributed by atoms with E-state index in [4.69, 9.17) is 5.73 Å². The Hall–Kier alpha value is -1.05. The van der Waals surface area contributed by atoms with Crippen molar-refractivity contribution < 1.29 is 0 Å². The number of pyridine rings is 1. The maximum Gasteiger partial charge on any atom is 0.123 e. The van der Waals surface area contributed by atoms with Gasteiger partial charge in [-0.05, 0) is 35.8 Å². The topological polar surface area (TPSA) is 38.9 Å². The second-order valence-corrected chi connectivity index (χ2v) is 5.23. The summed E-state index contributed by atoms with van der Waals surface area (Å²) in [4.78, 5) is 4.40. The van der Waals surface area contributed by atoms with Gasteiger partial charge in [0.2, 0.25) is 0 Å². The fourth-order valence-corrected chi connectivity index (χ4v) is 2.38. The molecule has 0 saturated carbocycles. The average Bonchev–Trinajstić information content (AvgIpc) is 2.45. The number of fused-ring (bicyclic) bond motifs is 1. The van der Waals surface area contributed by atoms with Gasteiger partial charge in [0.15, 0.2) is 0 Å². The van der Waals surface area contributed by atoms with E-state index in [9.17, 15) is 0 Å². The Morgan fingerprint density at radius 3 is 2.71 bits per heavy atom. The molecule has 0 aliphatic heterocycles. The molecule has 2 N–H and O–H groups in total. The molecule has 76 valence electrons. The average molecular weight is 190 g/mol. The van der Waals surface area contributed by atoms with E-state index in [2.05, 4.69) is 31.8 Å². The smallest absolute Gasteiger partial charge is 0.123 e. The summed E-state index contributed by atoms with van der Waals surface area (Å²) in [5.74, 6) is 1.30. The summed E-state index contributed by atoms with van der Waals surface area (Å²) in [6, 6.07) is 4.07. The Kier molecular flexibility index (Phi) is 2.02. The highest BCUT2D eigenvalue weighted by atomic mass is 14.8. The molecule has 0 saturated heterocycles. The number of hydrogen-bond acceptors (Lipinski definition) is 2. The van der Waals surface area contributed by atoms with Crippen LogP contribution in [0.5, 0.6) is 0 Å². The van der Waals surface area contributed by atoms with Gasteiger partial charge in [0.05, 0.1) is 0 Å². The molecule has 2 heteroatoms. The molecular formula is C12H18N2. The standard InChI is InChI=1S/C12H18N2/c1-12(2,3)9-5-6-10-8(9)4-7-11(13)14-10/h4,7,9H,5-6H2,1-3H3,(H2,13,14). The van der Waals surface area contributed by atoms with Gasteiger partial charge in [-0.15, -0.1) is 0 Å². The van der Waals surface area contributed by atoms with E-state index < -0.39 is 0 Å². The maximum absolute atomic E-state index is 5.67. The van der Waals surface area contributed by atoms with Crippen molar-refractivity contribution in [3.8, 4) is 0 Å². The Morgan fingerprint density at radius 1 is 1.36 bits per heavy atom. The summed E-state index contributed by atoms with van der Waals surface area (Å²) >= 11 is 0. The molecular weight excluding hydrogens is 172 g/mol. The third kappa shape index (κ3) is 1.49. The Morgan fingerprint density at radius 2 is 2.07 bits per heavy atom. The van der Waals surface area contributed by atoms with Gasteiger partial charge in [-0.1, -0.05) is 26.8 Å². The number of nitrogens with two attached hydrogens (primary N) is 1. The lowest BCUT2D eigenvalue weighted by atomic mass is 9.78. The maximum atomic E-state index is 5.67. The minimum Gasteiger partial charge on any atom is -0.384 e. The molecule has 0 amide bonds. The lowest BCUT2D eigenvalue weighted by molar-refractivity contribution is 0.319. The number of hydrogen-bond donors (Lipinski definition) is 1. The van der Waals surface area contributed by atoms with Crippen molar-refractivity contribution in [1.82, 2.24) is 4.98 Å². The fraction of sp³-hybridized carbons (Fsp3) is 0.583. The summed E-state index contributed by atoms with van der Waals surface area (Å²) in [7, 11) is 0. The molecule has 0 radical (unpaired) electrons. The molecule has 0 spiro atoms. The molecule has 14 heavy (non-hydrogen) atoms. The van der Waals surface area contributed by atoms with Gasteiger partial charge in [-0.25, -0.2) is 4.98 Å². The van der Waals surface area contributed by atoms with Crippen LogP contribution in [0.25, 0.3) is 0 Å². The van der Waals surface area contributed by atoms with Crippen LogP contribution in [0, 0.1) is 5.41 Å². The van der Waals surface area contributed by atoms with Gasteiger partial charge in [-0.2, -0.15) is 0 Å². The molecule has 1 aromatic heterocycles. The summed E-state index contributed by atoms with van der Waals surface area (Å²) in [6.07, 6.45) is 2.30. The third-order valence-corrected chi connectivity index (χ3v) is 3.12. The Labute approximate surface area is 85.5 Å². The van der Waals surface area contributed by atoms with Gasteiger partial charge in [0, 0.05) is 5.69 Å². The molecule has 1 aliphatic carbocycles. The highest BCUT2D eigenvalue weighted by Gasteiger charge is 2.32. The van der Waals surface area contributed by atoms with Crippen LogP contribution in [0.15, 0.2) is 12.1 Å². The number of aryl methyl sites for hydroxylation is 1. The van der Waals surface area contributed by atoms with Crippen molar-refractivity contribution >= 4 is 5.82 Å². The van der Waals surface area contributed by atoms with E-state index in [0.29, 0.717) is 17.2 Å². The number of rotatable bonds is 0. The number of anilines is 1. The third-order valence-electron chi connectivity index (χ3n) is 3.12. The first-order valence-corrected chi connectivity index (χ1v) is 5.24. The first kappa shape index (κ1) is 9.50.